The number of aryl methyl sites for hydroxylation is 1. The zero-order chi connectivity index (χ0) is 34.5. The number of nitrogens with zero attached hydrogens (tertiary/aromatic N) is 5. The lowest BCUT2D eigenvalue weighted by atomic mass is 9.84. The largest absolute Gasteiger partial charge is 0.724 e. The molecule has 1 aliphatic heterocycles. The summed E-state index contributed by atoms with van der Waals surface area (Å²) in [7, 11) is -3.43. The topological polar surface area (TPSA) is 278 Å². The molecule has 47 heavy (non-hydrogen) atoms. The average Bonchev–Trinajstić information content (AvgIpc) is 3.44. The van der Waals surface area contributed by atoms with Crippen LogP contribution in [0, 0.1) is 0 Å². The molecule has 2 atom stereocenters. The van der Waals surface area contributed by atoms with Crippen LogP contribution in [0.4, 0.5) is 11.1 Å². The molecule has 252 valence electrons. The number of nitrogens with one attached hydrogen (secondary N) is 2. The van der Waals surface area contributed by atoms with Crippen molar-refractivity contribution in [1.82, 2.24) is 20.3 Å². The quantitative estimate of drug-likeness (QED) is 0.0310. The van der Waals surface area contributed by atoms with Gasteiger partial charge in [-0.2, -0.15) is 9.35 Å². The van der Waals surface area contributed by atoms with E-state index in [1.54, 1.807) is 30.5 Å². The Hall–Kier alpha value is -4.96. The number of rotatable bonds is 15. The smallest absolute Gasteiger partial charge is 0.391 e. The molecule has 1 aliphatic rings. The normalized spacial score (nSPS) is 16.6. The molecule has 0 bridgehead atoms. The van der Waals surface area contributed by atoms with Crippen LogP contribution >= 0.6 is 11.3 Å². The van der Waals surface area contributed by atoms with E-state index in [-0.39, 0.29) is 10.8 Å². The van der Waals surface area contributed by atoms with E-state index < -0.39 is 58.2 Å². The van der Waals surface area contributed by atoms with Crippen molar-refractivity contribution in [2.24, 2.45) is 17.9 Å². The number of nitrogen functional groups attached to an aromatic ring is 1. The van der Waals surface area contributed by atoms with E-state index in [1.807, 2.05) is 17.8 Å². The average molecular weight is 694 g/mol. The number of thiazole rings is 1. The molecule has 3 heterocycles. The van der Waals surface area contributed by atoms with Gasteiger partial charge in [0.2, 0.25) is 10.4 Å². The predicted molar refractivity (Wildman–Crippen MR) is 163 cm³/mol. The van der Waals surface area contributed by atoms with E-state index in [4.69, 9.17) is 21.0 Å². The molecule has 19 nitrogen and oxygen atoms in total. The zero-order valence-corrected chi connectivity index (χ0v) is 26.8. The number of oxime groups is 1. The van der Waals surface area contributed by atoms with Crippen LogP contribution in [0.25, 0.3) is 11.1 Å². The lowest BCUT2D eigenvalue weighted by Crippen LogP contribution is -2.76. The molecule has 2 amide bonds. The molecule has 0 spiro atoms. The first kappa shape index (κ1) is 34.9. The Labute approximate surface area is 272 Å². The van der Waals surface area contributed by atoms with Crippen LogP contribution in [0.1, 0.15) is 19.5 Å². The second kappa shape index (κ2) is 14.2. The lowest BCUT2D eigenvalue weighted by Gasteiger charge is -2.51. The van der Waals surface area contributed by atoms with Crippen LogP contribution in [0.2, 0.25) is 0 Å². The third kappa shape index (κ3) is 8.45. The molecule has 4 rings (SSSR count). The summed E-state index contributed by atoms with van der Waals surface area (Å²) in [5, 5.41) is 20.6. The van der Waals surface area contributed by atoms with E-state index >= 15 is 0 Å². The number of benzene rings is 1. The summed E-state index contributed by atoms with van der Waals surface area (Å²) in [6.45, 7) is 3.17. The number of hydroxylamine groups is 2. The minimum Gasteiger partial charge on any atom is -0.724 e. The Morgan fingerprint density at radius 1 is 1.28 bits per heavy atom. The number of anilines is 2. The van der Waals surface area contributed by atoms with E-state index in [1.165, 1.54) is 19.2 Å². The Morgan fingerprint density at radius 2 is 1.98 bits per heavy atom. The number of aromatic nitrogens is 3. The van der Waals surface area contributed by atoms with Crippen LogP contribution in [0.15, 0.2) is 47.2 Å². The van der Waals surface area contributed by atoms with Gasteiger partial charge in [0.15, 0.2) is 10.8 Å². The molecule has 0 unspecified atom stereocenters. The maximum atomic E-state index is 13.2. The third-order valence-electron chi connectivity index (χ3n) is 6.65. The molecule has 21 heteroatoms. The Kier molecular flexibility index (Phi) is 10.6. The van der Waals surface area contributed by atoms with Crippen molar-refractivity contribution in [2.75, 3.05) is 30.7 Å². The minimum absolute atomic E-state index is 0.0473. The Bertz CT molecular complexity index is 1780. The predicted octanol–water partition coefficient (Wildman–Crippen LogP) is -1.27. The molecule has 0 radical (unpaired) electrons. The third-order valence-corrected chi connectivity index (χ3v) is 7.66. The second-order valence-electron chi connectivity index (χ2n) is 10.4. The van der Waals surface area contributed by atoms with Crippen molar-refractivity contribution in [3.05, 3.63) is 47.7 Å². The standard InChI is InChI=1S/C26H31N9O10S2/c1-26(2)20(22(37)35(26)45-47(40,41)42)32-21(36)19(17-13-46-24(28)31-17)33-44-18(23(38)39)12-43-16-6-4-14(5-7-16)15-10-30-25(29-9-8-27)34(3)11-15/h4-7,10-11,13,18,20H,8-9,12,27H2,1-3H3,(H5,28,31,32,36,38,39,40,41,42)/b33-19-/t18-,20+/m0/s1. The van der Waals surface area contributed by atoms with Crippen molar-refractivity contribution in [2.45, 2.75) is 31.5 Å². The van der Waals surface area contributed by atoms with Gasteiger partial charge in [-0.3, -0.25) is 14.9 Å². The van der Waals surface area contributed by atoms with Crippen molar-refractivity contribution in [3.63, 3.8) is 0 Å². The van der Waals surface area contributed by atoms with E-state index in [0.717, 1.165) is 22.5 Å². The molecule has 0 aliphatic carbocycles. The fourth-order valence-electron chi connectivity index (χ4n) is 4.22. The SMILES string of the molecule is C[n+]1cc(-c2ccc(OC[C@H](O/N=C(\C(=O)N[C@@H]3C(=O)N(OS(=O)(=O)[O-])C3(C)C)c3csc(N)n3)C(=O)O)cc2)cnc1NCCN. The summed E-state index contributed by atoms with van der Waals surface area (Å²) >= 11 is 0.948. The van der Waals surface area contributed by atoms with Gasteiger partial charge in [-0.15, -0.1) is 11.3 Å². The number of carboxylic acids is 1. The van der Waals surface area contributed by atoms with Crippen molar-refractivity contribution < 1.29 is 50.9 Å². The van der Waals surface area contributed by atoms with E-state index in [9.17, 15) is 32.5 Å². The van der Waals surface area contributed by atoms with Crippen molar-refractivity contribution in [3.8, 4) is 16.9 Å². The van der Waals surface area contributed by atoms with Gasteiger partial charge in [-0.05, 0) is 31.5 Å². The van der Waals surface area contributed by atoms with Crippen LogP contribution in [0.5, 0.6) is 5.75 Å². The summed E-state index contributed by atoms with van der Waals surface area (Å²) in [5.41, 5.74) is 10.7. The van der Waals surface area contributed by atoms with E-state index in [2.05, 4.69) is 30.0 Å². The molecule has 0 saturated carbocycles. The Morgan fingerprint density at radius 3 is 2.53 bits per heavy atom. The fraction of sp³-hybridized carbons (Fsp3) is 0.346. The van der Waals surface area contributed by atoms with Gasteiger partial charge >= 0.3 is 11.9 Å². The molecule has 1 saturated heterocycles. The monoisotopic (exact) mass is 693 g/mol. The number of β-lactam (4-membered cyclic amide) rings is 1. The Balaban J connectivity index is 1.44. The first-order valence-electron chi connectivity index (χ1n) is 13.6. The molecule has 1 aromatic carbocycles. The van der Waals surface area contributed by atoms with Gasteiger partial charge in [0.1, 0.15) is 30.3 Å². The number of nitrogens with two attached hydrogens (primary N) is 2. The van der Waals surface area contributed by atoms with Crippen LogP contribution in [-0.4, -0.2) is 94.0 Å². The van der Waals surface area contributed by atoms with Gasteiger partial charge < -0.3 is 36.0 Å². The minimum atomic E-state index is -5.27. The second-order valence-corrected chi connectivity index (χ2v) is 12.3. The van der Waals surface area contributed by atoms with Gasteiger partial charge in [-0.25, -0.2) is 22.8 Å². The number of hydrogen-bond acceptors (Lipinski definition) is 16. The summed E-state index contributed by atoms with van der Waals surface area (Å²) in [6.07, 6.45) is 1.87. The maximum absolute atomic E-state index is 13.2. The van der Waals surface area contributed by atoms with Gasteiger partial charge in [0.25, 0.3) is 17.9 Å². The first-order valence-corrected chi connectivity index (χ1v) is 15.8. The number of ether oxygens (including phenoxy) is 1. The number of hydrogen-bond donors (Lipinski definition) is 5. The highest BCUT2D eigenvalue weighted by atomic mass is 32.3. The van der Waals surface area contributed by atoms with Crippen LogP contribution in [-0.2, 0) is 41.0 Å². The summed E-state index contributed by atoms with van der Waals surface area (Å²) in [5.74, 6) is -2.58. The number of carbonyl (C=O) groups excluding carboxylic acids is 2. The number of aliphatic carboxylic acids is 1. The number of amides is 2. The zero-order valence-electron chi connectivity index (χ0n) is 25.1. The first-order chi connectivity index (χ1) is 22.1. The molecular formula is C26H31N9O10S2. The van der Waals surface area contributed by atoms with Crippen LogP contribution in [0.3, 0.4) is 0 Å². The molecule has 2 aromatic heterocycles. The lowest BCUT2D eigenvalue weighted by molar-refractivity contribution is -0.659. The van der Waals surface area contributed by atoms with E-state index in [0.29, 0.717) is 29.9 Å². The van der Waals surface area contributed by atoms with Crippen LogP contribution < -0.4 is 31.4 Å². The highest BCUT2D eigenvalue weighted by molar-refractivity contribution is 7.80. The number of carboxylic acid groups (broad SMARTS) is 1. The molecule has 1 fully saturated rings. The van der Waals surface area contributed by atoms with Gasteiger partial charge in [0, 0.05) is 17.5 Å². The molecular weight excluding hydrogens is 662 g/mol. The fourth-order valence-corrected chi connectivity index (χ4v) is 5.22. The summed E-state index contributed by atoms with van der Waals surface area (Å²) < 4.78 is 44.5. The molecule has 3 aromatic rings. The molecule has 7 N–H and O–H groups in total. The van der Waals surface area contributed by atoms with Gasteiger partial charge in [-0.1, -0.05) is 22.3 Å². The highest BCUT2D eigenvalue weighted by Crippen LogP contribution is 2.33. The maximum Gasteiger partial charge on any atom is 0.391 e. The number of carbonyl (C=O) groups is 3. The summed E-state index contributed by atoms with van der Waals surface area (Å²) in [6, 6.07) is 5.40. The highest BCUT2D eigenvalue weighted by Gasteiger charge is 2.57. The summed E-state index contributed by atoms with van der Waals surface area (Å²) in [4.78, 5) is 51.1. The van der Waals surface area contributed by atoms with Crippen molar-refractivity contribution in [1.29, 1.82) is 0 Å². The van der Waals surface area contributed by atoms with Crippen molar-refractivity contribution >= 4 is 56.3 Å². The van der Waals surface area contributed by atoms with Gasteiger partial charge in [0.05, 0.1) is 25.3 Å².